The lowest BCUT2D eigenvalue weighted by atomic mass is 9.86. The Morgan fingerprint density at radius 3 is 2.93 bits per heavy atom. The van der Waals surface area contributed by atoms with Gasteiger partial charge in [0.2, 0.25) is 0 Å². The van der Waals surface area contributed by atoms with Gasteiger partial charge >= 0.3 is 5.97 Å². The van der Waals surface area contributed by atoms with E-state index in [2.05, 4.69) is 0 Å². The number of carbonyl (C=O) groups is 1. The van der Waals surface area contributed by atoms with Crippen molar-refractivity contribution in [2.24, 2.45) is 5.73 Å². The van der Waals surface area contributed by atoms with Crippen LogP contribution in [0.2, 0.25) is 0 Å². The lowest BCUT2D eigenvalue weighted by Crippen LogP contribution is -2.19. The molecule has 1 aliphatic rings. The molecule has 0 aliphatic heterocycles. The summed E-state index contributed by atoms with van der Waals surface area (Å²) in [6, 6.07) is 2.33. The summed E-state index contributed by atoms with van der Waals surface area (Å²) >= 11 is 0. The number of aromatic carboxylic acids is 1. The van der Waals surface area contributed by atoms with Crippen molar-refractivity contribution in [2.75, 3.05) is 0 Å². The van der Waals surface area contributed by atoms with Crippen molar-refractivity contribution in [1.82, 2.24) is 0 Å². The maximum atomic E-state index is 13.5. The lowest BCUT2D eigenvalue weighted by Gasteiger charge is -2.22. The maximum absolute atomic E-state index is 13.5. The lowest BCUT2D eigenvalue weighted by molar-refractivity contribution is 0.0696. The van der Waals surface area contributed by atoms with Crippen LogP contribution in [0.4, 0.5) is 4.39 Å². The molecule has 0 saturated carbocycles. The molecule has 0 bridgehead atoms. The Morgan fingerprint density at radius 1 is 1.53 bits per heavy atom. The maximum Gasteiger partial charge on any atom is 0.335 e. The second-order valence-corrected chi connectivity index (χ2v) is 3.83. The van der Waals surface area contributed by atoms with Crippen LogP contribution < -0.4 is 5.73 Å². The van der Waals surface area contributed by atoms with Crippen molar-refractivity contribution in [1.29, 1.82) is 0 Å². The third-order valence-corrected chi connectivity index (χ3v) is 2.82. The molecule has 1 aliphatic carbocycles. The molecule has 80 valence electrons. The standard InChI is InChI=1S/C11H12FNO2/c12-9-5-6(11(14)15)4-8-7(9)2-1-3-10(8)13/h4-5,10H,1-3,13H2,(H,14,15)/t10-/m1/s1. The van der Waals surface area contributed by atoms with E-state index in [0.29, 0.717) is 17.5 Å². The summed E-state index contributed by atoms with van der Waals surface area (Å²) in [5.74, 6) is -1.56. The molecular formula is C11H12FNO2. The van der Waals surface area contributed by atoms with E-state index in [-0.39, 0.29) is 11.6 Å². The van der Waals surface area contributed by atoms with Gasteiger partial charge in [0.05, 0.1) is 5.56 Å². The van der Waals surface area contributed by atoms with Crippen LogP contribution in [0.1, 0.15) is 40.4 Å². The number of rotatable bonds is 1. The Balaban J connectivity index is 2.56. The van der Waals surface area contributed by atoms with Crippen molar-refractivity contribution in [3.8, 4) is 0 Å². The highest BCUT2D eigenvalue weighted by Gasteiger charge is 2.22. The number of nitrogens with two attached hydrogens (primary N) is 1. The van der Waals surface area contributed by atoms with Gasteiger partial charge in [-0.25, -0.2) is 9.18 Å². The highest BCUT2D eigenvalue weighted by atomic mass is 19.1. The normalized spacial score (nSPS) is 19.7. The topological polar surface area (TPSA) is 63.3 Å². The highest BCUT2D eigenvalue weighted by Crippen LogP contribution is 2.30. The van der Waals surface area contributed by atoms with Crippen LogP contribution in [0.3, 0.4) is 0 Å². The van der Waals surface area contributed by atoms with Crippen LogP contribution in [0.15, 0.2) is 12.1 Å². The van der Waals surface area contributed by atoms with Crippen LogP contribution in [0.25, 0.3) is 0 Å². The van der Waals surface area contributed by atoms with Crippen molar-refractivity contribution in [3.05, 3.63) is 34.6 Å². The molecule has 0 heterocycles. The molecule has 1 aromatic rings. The molecule has 3 N–H and O–H groups in total. The molecule has 0 amide bonds. The van der Waals surface area contributed by atoms with E-state index in [1.54, 1.807) is 0 Å². The molecule has 0 fully saturated rings. The molecule has 1 aromatic carbocycles. The van der Waals surface area contributed by atoms with Gasteiger partial charge < -0.3 is 10.8 Å². The Hall–Kier alpha value is -1.42. The Bertz CT molecular complexity index is 417. The summed E-state index contributed by atoms with van der Waals surface area (Å²) < 4.78 is 13.5. The fourth-order valence-corrected chi connectivity index (χ4v) is 2.03. The van der Waals surface area contributed by atoms with Gasteiger partial charge in [0.25, 0.3) is 0 Å². The first-order valence-electron chi connectivity index (χ1n) is 4.91. The molecule has 0 radical (unpaired) electrons. The predicted octanol–water partition coefficient (Wildman–Crippen LogP) is 1.86. The van der Waals surface area contributed by atoms with E-state index in [1.165, 1.54) is 6.07 Å². The van der Waals surface area contributed by atoms with E-state index >= 15 is 0 Å². The Morgan fingerprint density at radius 2 is 2.27 bits per heavy atom. The zero-order chi connectivity index (χ0) is 11.0. The quantitative estimate of drug-likeness (QED) is 0.742. The third kappa shape index (κ3) is 1.72. The molecule has 4 heteroatoms. The number of fused-ring (bicyclic) bond motifs is 1. The largest absolute Gasteiger partial charge is 0.478 e. The number of halogens is 1. The third-order valence-electron chi connectivity index (χ3n) is 2.82. The second kappa shape index (κ2) is 3.62. The summed E-state index contributed by atoms with van der Waals surface area (Å²) in [4.78, 5) is 10.7. The van der Waals surface area contributed by atoms with E-state index in [1.807, 2.05) is 0 Å². The van der Waals surface area contributed by atoms with Crippen LogP contribution in [-0.4, -0.2) is 11.1 Å². The minimum Gasteiger partial charge on any atom is -0.478 e. The van der Waals surface area contributed by atoms with Gasteiger partial charge in [-0.05, 0) is 42.5 Å². The summed E-state index contributed by atoms with van der Waals surface area (Å²) in [5, 5.41) is 8.79. The first kappa shape index (κ1) is 10.1. The van der Waals surface area contributed by atoms with Crippen LogP contribution in [0, 0.1) is 5.82 Å². The van der Waals surface area contributed by atoms with Crippen molar-refractivity contribution >= 4 is 5.97 Å². The minimum atomic E-state index is -1.12. The average Bonchev–Trinajstić information content (AvgIpc) is 2.19. The van der Waals surface area contributed by atoms with E-state index in [4.69, 9.17) is 10.8 Å². The van der Waals surface area contributed by atoms with Crippen LogP contribution in [0.5, 0.6) is 0 Å². The fraction of sp³-hybridized carbons (Fsp3) is 0.364. The SMILES string of the molecule is N[C@@H]1CCCc2c(F)cc(C(=O)O)cc21. The summed E-state index contributed by atoms with van der Waals surface area (Å²) in [7, 11) is 0. The van der Waals surface area contributed by atoms with E-state index in [9.17, 15) is 9.18 Å². The summed E-state index contributed by atoms with van der Waals surface area (Å²) in [6.45, 7) is 0. The molecule has 0 aromatic heterocycles. The summed E-state index contributed by atoms with van der Waals surface area (Å²) in [6.07, 6.45) is 2.29. The number of carboxylic acid groups (broad SMARTS) is 1. The van der Waals surface area contributed by atoms with Gasteiger partial charge in [0.15, 0.2) is 0 Å². The second-order valence-electron chi connectivity index (χ2n) is 3.83. The predicted molar refractivity (Wildman–Crippen MR) is 53.2 cm³/mol. The van der Waals surface area contributed by atoms with Gasteiger partial charge in [-0.15, -0.1) is 0 Å². The molecular weight excluding hydrogens is 197 g/mol. The number of hydrogen-bond donors (Lipinski definition) is 2. The number of benzene rings is 1. The molecule has 0 unspecified atom stereocenters. The van der Waals surface area contributed by atoms with Crippen molar-refractivity contribution in [3.63, 3.8) is 0 Å². The number of hydrogen-bond acceptors (Lipinski definition) is 2. The van der Waals surface area contributed by atoms with Crippen molar-refractivity contribution < 1.29 is 14.3 Å². The van der Waals surface area contributed by atoms with E-state index in [0.717, 1.165) is 18.9 Å². The highest BCUT2D eigenvalue weighted by molar-refractivity contribution is 5.88. The van der Waals surface area contributed by atoms with Gasteiger partial charge in [-0.2, -0.15) is 0 Å². The molecule has 0 spiro atoms. The Labute approximate surface area is 86.7 Å². The first-order valence-corrected chi connectivity index (χ1v) is 4.91. The van der Waals surface area contributed by atoms with E-state index < -0.39 is 11.8 Å². The average molecular weight is 209 g/mol. The molecule has 1 atom stereocenters. The number of carboxylic acids is 1. The fourth-order valence-electron chi connectivity index (χ4n) is 2.03. The van der Waals surface area contributed by atoms with Crippen LogP contribution >= 0.6 is 0 Å². The molecule has 0 saturated heterocycles. The molecule has 3 nitrogen and oxygen atoms in total. The molecule has 2 rings (SSSR count). The monoisotopic (exact) mass is 209 g/mol. The van der Waals surface area contributed by atoms with Gasteiger partial charge in [0.1, 0.15) is 5.82 Å². The summed E-state index contributed by atoms with van der Waals surface area (Å²) in [5.41, 5.74) is 7.03. The first-order chi connectivity index (χ1) is 7.09. The van der Waals surface area contributed by atoms with Gasteiger partial charge in [-0.1, -0.05) is 0 Å². The van der Waals surface area contributed by atoms with Crippen molar-refractivity contribution in [2.45, 2.75) is 25.3 Å². The smallest absolute Gasteiger partial charge is 0.335 e. The van der Waals surface area contributed by atoms with Gasteiger partial charge in [0, 0.05) is 6.04 Å². The minimum absolute atomic E-state index is 0.0244. The van der Waals surface area contributed by atoms with Crippen LogP contribution in [-0.2, 0) is 6.42 Å². The molecule has 15 heavy (non-hydrogen) atoms. The Kier molecular flexibility index (Phi) is 2.44. The zero-order valence-electron chi connectivity index (χ0n) is 8.16. The van der Waals surface area contributed by atoms with Gasteiger partial charge in [-0.3, -0.25) is 0 Å². The zero-order valence-corrected chi connectivity index (χ0v) is 8.16.